The molecule has 3 heteroatoms. The second-order valence-corrected chi connectivity index (χ2v) is 7.66. The normalized spacial score (nSPS) is 17.9. The van der Waals surface area contributed by atoms with Crippen LogP contribution in [0.4, 0.5) is 0 Å². The summed E-state index contributed by atoms with van der Waals surface area (Å²) in [6, 6.07) is 7.02. The number of aryl methyl sites for hydroxylation is 1. The Bertz CT molecular complexity index is 503. The molecule has 2 atom stereocenters. The van der Waals surface area contributed by atoms with E-state index in [1.54, 1.807) is 0 Å². The predicted molar refractivity (Wildman–Crippen MR) is 110 cm³/mol. The van der Waals surface area contributed by atoms with Gasteiger partial charge in [-0.25, -0.2) is 0 Å². The smallest absolute Gasteiger partial charge is 0.0704 e. The molecule has 148 valence electrons. The summed E-state index contributed by atoms with van der Waals surface area (Å²) in [5.74, 6) is 0.513. The molecule has 1 aliphatic carbocycles. The van der Waals surface area contributed by atoms with Gasteiger partial charge in [-0.1, -0.05) is 57.7 Å². The highest BCUT2D eigenvalue weighted by Gasteiger charge is 2.20. The minimum Gasteiger partial charge on any atom is -0.379 e. The summed E-state index contributed by atoms with van der Waals surface area (Å²) in [6.07, 6.45) is 11.0. The number of benzene rings is 1. The van der Waals surface area contributed by atoms with Gasteiger partial charge in [-0.3, -0.25) is 0 Å². The zero-order valence-electron chi connectivity index (χ0n) is 17.0. The monoisotopic (exact) mass is 361 g/mol. The maximum absolute atomic E-state index is 6.05. The first kappa shape index (κ1) is 21.4. The third-order valence-corrected chi connectivity index (χ3v) is 5.55. The van der Waals surface area contributed by atoms with Crippen LogP contribution in [0, 0.1) is 0 Å². The Morgan fingerprint density at radius 3 is 2.65 bits per heavy atom. The second kappa shape index (κ2) is 12.5. The van der Waals surface area contributed by atoms with E-state index in [1.165, 1.54) is 48.8 Å². The van der Waals surface area contributed by atoms with Gasteiger partial charge in [0.25, 0.3) is 0 Å². The number of unbranched alkanes of at least 4 members (excludes halogenated alkanes) is 3. The molecule has 0 aromatic heterocycles. The molecule has 0 bridgehead atoms. The van der Waals surface area contributed by atoms with E-state index in [2.05, 4.69) is 32.0 Å². The number of hydrogen-bond donors (Lipinski definition) is 1. The fourth-order valence-corrected chi connectivity index (χ4v) is 3.84. The van der Waals surface area contributed by atoms with Crippen molar-refractivity contribution >= 4 is 0 Å². The van der Waals surface area contributed by atoms with Crippen LogP contribution in [0.25, 0.3) is 0 Å². The Morgan fingerprint density at radius 2 is 1.88 bits per heavy atom. The van der Waals surface area contributed by atoms with Crippen LogP contribution < -0.4 is 5.73 Å². The highest BCUT2D eigenvalue weighted by atomic mass is 16.5. The molecule has 3 nitrogen and oxygen atoms in total. The summed E-state index contributed by atoms with van der Waals surface area (Å²) in [6.45, 7) is 7.53. The maximum atomic E-state index is 6.05. The molecule has 1 aromatic carbocycles. The summed E-state index contributed by atoms with van der Waals surface area (Å²) < 4.78 is 11.7. The van der Waals surface area contributed by atoms with Gasteiger partial charge in [0.2, 0.25) is 0 Å². The van der Waals surface area contributed by atoms with E-state index in [0.29, 0.717) is 12.0 Å². The van der Waals surface area contributed by atoms with Crippen LogP contribution in [-0.2, 0) is 22.3 Å². The van der Waals surface area contributed by atoms with Crippen LogP contribution in [-0.4, -0.2) is 32.5 Å². The molecule has 1 unspecified atom stereocenters. The number of rotatable bonds is 13. The molecule has 0 fully saturated rings. The van der Waals surface area contributed by atoms with Crippen molar-refractivity contribution in [1.82, 2.24) is 0 Å². The maximum Gasteiger partial charge on any atom is 0.0704 e. The topological polar surface area (TPSA) is 44.5 Å². The molecule has 0 amide bonds. The Balaban J connectivity index is 1.76. The van der Waals surface area contributed by atoms with Crippen LogP contribution in [0.3, 0.4) is 0 Å². The van der Waals surface area contributed by atoms with E-state index in [1.807, 2.05) is 0 Å². The number of ether oxygens (including phenoxy) is 2. The molecule has 2 rings (SSSR count). The van der Waals surface area contributed by atoms with Crippen molar-refractivity contribution in [1.29, 1.82) is 0 Å². The lowest BCUT2D eigenvalue weighted by Crippen LogP contribution is -2.24. The van der Waals surface area contributed by atoms with Crippen LogP contribution in [0.15, 0.2) is 18.2 Å². The van der Waals surface area contributed by atoms with Gasteiger partial charge < -0.3 is 15.2 Å². The van der Waals surface area contributed by atoms with Gasteiger partial charge in [-0.15, -0.1) is 0 Å². The molecule has 0 saturated carbocycles. The number of fused-ring (bicyclic) bond motifs is 1. The van der Waals surface area contributed by atoms with E-state index in [9.17, 15) is 0 Å². The van der Waals surface area contributed by atoms with Gasteiger partial charge in [0.15, 0.2) is 0 Å². The zero-order valence-corrected chi connectivity index (χ0v) is 17.0. The van der Waals surface area contributed by atoms with Gasteiger partial charge >= 0.3 is 0 Å². The third kappa shape index (κ3) is 7.02. The molecule has 0 aliphatic heterocycles. The summed E-state index contributed by atoms with van der Waals surface area (Å²) in [5.41, 5.74) is 10.4. The lowest BCUT2D eigenvalue weighted by atomic mass is 9.85. The van der Waals surface area contributed by atoms with E-state index >= 15 is 0 Å². The van der Waals surface area contributed by atoms with E-state index in [-0.39, 0.29) is 0 Å². The lowest BCUT2D eigenvalue weighted by molar-refractivity contribution is -0.00106. The van der Waals surface area contributed by atoms with Gasteiger partial charge in [-0.2, -0.15) is 0 Å². The lowest BCUT2D eigenvalue weighted by Gasteiger charge is -2.26. The summed E-state index contributed by atoms with van der Waals surface area (Å²) in [7, 11) is 0. The average Bonchev–Trinajstić information content (AvgIpc) is 2.67. The van der Waals surface area contributed by atoms with Crippen LogP contribution in [0.1, 0.15) is 81.4 Å². The molecule has 0 spiro atoms. The van der Waals surface area contributed by atoms with Gasteiger partial charge in [0, 0.05) is 6.61 Å². The van der Waals surface area contributed by atoms with Crippen molar-refractivity contribution < 1.29 is 9.47 Å². The van der Waals surface area contributed by atoms with Crippen molar-refractivity contribution in [3.05, 3.63) is 34.9 Å². The van der Waals surface area contributed by atoms with E-state index in [0.717, 1.165) is 52.0 Å². The van der Waals surface area contributed by atoms with Crippen molar-refractivity contribution in [2.24, 2.45) is 5.73 Å². The summed E-state index contributed by atoms with van der Waals surface area (Å²) in [5, 5.41) is 0. The molecule has 0 heterocycles. The Morgan fingerprint density at radius 1 is 1.04 bits per heavy atom. The third-order valence-electron chi connectivity index (χ3n) is 5.55. The van der Waals surface area contributed by atoms with Crippen molar-refractivity contribution in [3.63, 3.8) is 0 Å². The van der Waals surface area contributed by atoms with Gasteiger partial charge in [0.1, 0.15) is 0 Å². The standard InChI is InChI=1S/C23H39NO2/c1-3-5-7-13-25-14-15-26-23-12-11-19-16-20(9-10-21(19)17-23)22(18-24)8-6-4-2/h9-10,16,22-23H,3-8,11-15,17-18,24H2,1-2H3/t22?,23-/m0/s1. The summed E-state index contributed by atoms with van der Waals surface area (Å²) >= 11 is 0. The molecule has 0 radical (unpaired) electrons. The largest absolute Gasteiger partial charge is 0.379 e. The summed E-state index contributed by atoms with van der Waals surface area (Å²) in [4.78, 5) is 0. The Labute approximate surface area is 160 Å². The highest BCUT2D eigenvalue weighted by Crippen LogP contribution is 2.28. The zero-order chi connectivity index (χ0) is 18.6. The molecular weight excluding hydrogens is 322 g/mol. The second-order valence-electron chi connectivity index (χ2n) is 7.66. The van der Waals surface area contributed by atoms with E-state index in [4.69, 9.17) is 15.2 Å². The minimum absolute atomic E-state index is 0.345. The van der Waals surface area contributed by atoms with E-state index < -0.39 is 0 Å². The van der Waals surface area contributed by atoms with Crippen LogP contribution in [0.2, 0.25) is 0 Å². The molecule has 26 heavy (non-hydrogen) atoms. The first-order valence-corrected chi connectivity index (χ1v) is 10.8. The highest BCUT2D eigenvalue weighted by molar-refractivity contribution is 5.36. The minimum atomic E-state index is 0.345. The fourth-order valence-electron chi connectivity index (χ4n) is 3.84. The quantitative estimate of drug-likeness (QED) is 0.503. The van der Waals surface area contributed by atoms with Crippen LogP contribution in [0.5, 0.6) is 0 Å². The van der Waals surface area contributed by atoms with Gasteiger partial charge in [-0.05, 0) is 61.3 Å². The Hall–Kier alpha value is -0.900. The first-order valence-electron chi connectivity index (χ1n) is 10.8. The SMILES string of the molecule is CCCCCOCCO[C@H]1CCc2cc(C(CN)CCCC)ccc2C1. The van der Waals surface area contributed by atoms with Crippen molar-refractivity contribution in [2.45, 2.75) is 83.7 Å². The molecule has 1 aromatic rings. The molecule has 2 N–H and O–H groups in total. The van der Waals surface area contributed by atoms with Crippen LogP contribution >= 0.6 is 0 Å². The number of nitrogens with two attached hydrogens (primary N) is 1. The fraction of sp³-hybridized carbons (Fsp3) is 0.739. The van der Waals surface area contributed by atoms with Gasteiger partial charge in [0.05, 0.1) is 19.3 Å². The molecule has 1 aliphatic rings. The number of hydrogen-bond acceptors (Lipinski definition) is 3. The predicted octanol–water partition coefficient (Wildman–Crippen LogP) is 5.00. The van der Waals surface area contributed by atoms with Crippen molar-refractivity contribution in [2.75, 3.05) is 26.4 Å². The molecule has 0 saturated heterocycles. The van der Waals surface area contributed by atoms with Crippen molar-refractivity contribution in [3.8, 4) is 0 Å². The molecular formula is C23H39NO2. The Kier molecular flexibility index (Phi) is 10.3. The average molecular weight is 362 g/mol. The first-order chi connectivity index (χ1) is 12.8.